The Kier molecular flexibility index (Phi) is 9.64. The standard InChI is InChI=1S/C21H30O3.C8H10/c1-23-19-13-16-12-17(21(22)18(16)14-20(19)24-2)11-15-9-7-5-3-4-6-8-10-15;1-2-8-6-4-3-5-7-8/h13-15,17H,3-12H2,1-2H3;3-7H,2H2,1H3. The maximum Gasteiger partial charge on any atom is 0.166 e. The van der Waals surface area contributed by atoms with Crippen LogP contribution >= 0.6 is 0 Å². The lowest BCUT2D eigenvalue weighted by Gasteiger charge is -2.19. The fourth-order valence-electron chi connectivity index (χ4n) is 5.16. The highest BCUT2D eigenvalue weighted by Gasteiger charge is 2.33. The third-order valence-electron chi connectivity index (χ3n) is 7.06. The van der Waals surface area contributed by atoms with Crippen molar-refractivity contribution in [2.75, 3.05) is 14.2 Å². The van der Waals surface area contributed by atoms with Gasteiger partial charge >= 0.3 is 0 Å². The Morgan fingerprint density at radius 2 is 1.44 bits per heavy atom. The Balaban J connectivity index is 0.000000305. The van der Waals surface area contributed by atoms with Gasteiger partial charge in [-0.05, 0) is 48.4 Å². The van der Waals surface area contributed by atoms with Gasteiger partial charge in [0.15, 0.2) is 17.3 Å². The van der Waals surface area contributed by atoms with Crippen molar-refractivity contribution in [1.29, 1.82) is 0 Å². The molecule has 1 unspecified atom stereocenters. The fourth-order valence-corrected chi connectivity index (χ4v) is 5.16. The van der Waals surface area contributed by atoms with Gasteiger partial charge in [-0.15, -0.1) is 0 Å². The summed E-state index contributed by atoms with van der Waals surface area (Å²) < 4.78 is 10.8. The van der Waals surface area contributed by atoms with E-state index in [2.05, 4.69) is 31.2 Å². The van der Waals surface area contributed by atoms with Gasteiger partial charge in [-0.2, -0.15) is 0 Å². The van der Waals surface area contributed by atoms with E-state index in [0.717, 1.165) is 42.1 Å². The first-order valence-electron chi connectivity index (χ1n) is 12.5. The van der Waals surface area contributed by atoms with Crippen molar-refractivity contribution in [2.45, 2.75) is 77.6 Å². The number of carbonyl (C=O) groups is 1. The van der Waals surface area contributed by atoms with E-state index in [9.17, 15) is 4.79 Å². The van der Waals surface area contributed by atoms with E-state index in [1.807, 2.05) is 18.2 Å². The number of methoxy groups -OCH3 is 2. The second kappa shape index (κ2) is 12.7. The van der Waals surface area contributed by atoms with Gasteiger partial charge in [-0.25, -0.2) is 0 Å². The molecule has 0 heterocycles. The van der Waals surface area contributed by atoms with Crippen LogP contribution in [0.3, 0.4) is 0 Å². The summed E-state index contributed by atoms with van der Waals surface area (Å²) in [6, 6.07) is 14.3. The zero-order valence-corrected chi connectivity index (χ0v) is 20.2. The lowest BCUT2D eigenvalue weighted by Crippen LogP contribution is -2.15. The summed E-state index contributed by atoms with van der Waals surface area (Å²) in [5.74, 6) is 2.57. The molecule has 4 rings (SSSR count). The summed E-state index contributed by atoms with van der Waals surface area (Å²) in [6.07, 6.45) is 13.8. The van der Waals surface area contributed by atoms with Crippen molar-refractivity contribution in [2.24, 2.45) is 11.8 Å². The monoisotopic (exact) mass is 436 g/mol. The fraction of sp³-hybridized carbons (Fsp3) is 0.552. The van der Waals surface area contributed by atoms with E-state index >= 15 is 0 Å². The van der Waals surface area contributed by atoms with E-state index in [1.54, 1.807) is 14.2 Å². The van der Waals surface area contributed by atoms with Crippen LogP contribution in [0.5, 0.6) is 11.5 Å². The number of aryl methyl sites for hydroxylation is 1. The average molecular weight is 437 g/mol. The van der Waals surface area contributed by atoms with Crippen LogP contribution in [0.25, 0.3) is 0 Å². The van der Waals surface area contributed by atoms with Gasteiger partial charge in [-0.1, -0.05) is 88.6 Å². The van der Waals surface area contributed by atoms with E-state index in [0.29, 0.717) is 11.5 Å². The molecule has 2 aliphatic carbocycles. The Bertz CT molecular complexity index is 833. The molecule has 0 N–H and O–H groups in total. The van der Waals surface area contributed by atoms with Gasteiger partial charge in [0.2, 0.25) is 0 Å². The Hall–Kier alpha value is -2.29. The molecule has 3 nitrogen and oxygen atoms in total. The van der Waals surface area contributed by atoms with Gasteiger partial charge < -0.3 is 9.47 Å². The number of Topliss-reactive ketones (excluding diaryl/α,β-unsaturated/α-hetero) is 1. The molecule has 0 aromatic heterocycles. The molecule has 0 spiro atoms. The van der Waals surface area contributed by atoms with Crippen LogP contribution in [0.1, 0.15) is 86.2 Å². The number of carbonyl (C=O) groups excluding carboxylic acids is 1. The van der Waals surface area contributed by atoms with Crippen LogP contribution in [-0.2, 0) is 12.8 Å². The van der Waals surface area contributed by atoms with Gasteiger partial charge in [0.1, 0.15) is 0 Å². The highest BCUT2D eigenvalue weighted by Crippen LogP contribution is 2.39. The lowest BCUT2D eigenvalue weighted by atomic mass is 9.85. The molecule has 1 saturated carbocycles. The molecule has 1 fully saturated rings. The Morgan fingerprint density at radius 1 is 0.844 bits per heavy atom. The number of benzene rings is 2. The van der Waals surface area contributed by atoms with Crippen LogP contribution in [-0.4, -0.2) is 20.0 Å². The van der Waals surface area contributed by atoms with Crippen LogP contribution in [0.15, 0.2) is 42.5 Å². The maximum absolute atomic E-state index is 12.9. The quantitative estimate of drug-likeness (QED) is 0.488. The van der Waals surface area contributed by atoms with Crippen LogP contribution < -0.4 is 9.47 Å². The van der Waals surface area contributed by atoms with Gasteiger partial charge in [0.05, 0.1) is 14.2 Å². The summed E-state index contributed by atoms with van der Waals surface area (Å²) in [7, 11) is 3.27. The smallest absolute Gasteiger partial charge is 0.166 e. The molecule has 174 valence electrons. The number of hydrogen-bond donors (Lipinski definition) is 0. The first kappa shape index (κ1) is 24.4. The molecule has 1 atom stereocenters. The summed E-state index contributed by atoms with van der Waals surface area (Å²) >= 11 is 0. The van der Waals surface area contributed by atoms with E-state index < -0.39 is 0 Å². The number of fused-ring (bicyclic) bond motifs is 1. The topological polar surface area (TPSA) is 35.5 Å². The number of ketones is 1. The van der Waals surface area contributed by atoms with Crippen molar-refractivity contribution in [3.05, 3.63) is 59.2 Å². The molecular formula is C29H40O3. The first-order chi connectivity index (χ1) is 15.7. The summed E-state index contributed by atoms with van der Waals surface area (Å²) in [4.78, 5) is 12.9. The minimum atomic E-state index is 0.155. The molecule has 0 amide bonds. The molecule has 2 aromatic rings. The number of rotatable bonds is 5. The predicted molar refractivity (Wildman–Crippen MR) is 132 cm³/mol. The SMILES string of the molecule is CCc1ccccc1.COc1cc2c(cc1OC)C(=O)C(CC1CCCCCCCC1)C2. The molecule has 32 heavy (non-hydrogen) atoms. The van der Waals surface area contributed by atoms with Crippen molar-refractivity contribution < 1.29 is 14.3 Å². The van der Waals surface area contributed by atoms with Crippen molar-refractivity contribution in [3.8, 4) is 11.5 Å². The minimum Gasteiger partial charge on any atom is -0.493 e. The third-order valence-corrected chi connectivity index (χ3v) is 7.06. The summed E-state index contributed by atoms with van der Waals surface area (Å²) in [5, 5.41) is 0. The number of hydrogen-bond acceptors (Lipinski definition) is 3. The average Bonchev–Trinajstić information content (AvgIpc) is 3.20. The van der Waals surface area contributed by atoms with Crippen molar-refractivity contribution in [1.82, 2.24) is 0 Å². The van der Waals surface area contributed by atoms with Gasteiger partial charge in [0, 0.05) is 11.5 Å². The highest BCUT2D eigenvalue weighted by atomic mass is 16.5. The zero-order valence-electron chi connectivity index (χ0n) is 20.2. The van der Waals surface area contributed by atoms with Crippen molar-refractivity contribution >= 4 is 5.78 Å². The molecule has 0 aliphatic heterocycles. The lowest BCUT2D eigenvalue weighted by molar-refractivity contribution is 0.0914. The molecule has 0 saturated heterocycles. The minimum absolute atomic E-state index is 0.155. The highest BCUT2D eigenvalue weighted by molar-refractivity contribution is 6.02. The molecule has 3 heteroatoms. The van der Waals surface area contributed by atoms with Crippen LogP contribution in [0.2, 0.25) is 0 Å². The zero-order chi connectivity index (χ0) is 22.8. The normalized spacial score (nSPS) is 19.1. The largest absolute Gasteiger partial charge is 0.493 e. The molecule has 2 aliphatic rings. The van der Waals surface area contributed by atoms with Gasteiger partial charge in [-0.3, -0.25) is 4.79 Å². The van der Waals surface area contributed by atoms with Crippen molar-refractivity contribution in [3.63, 3.8) is 0 Å². The van der Waals surface area contributed by atoms with E-state index in [4.69, 9.17) is 9.47 Å². The predicted octanol–water partition coefficient (Wildman–Crippen LogP) is 7.45. The molecular weight excluding hydrogens is 396 g/mol. The summed E-state index contributed by atoms with van der Waals surface area (Å²) in [5.41, 5.74) is 3.39. The second-order valence-corrected chi connectivity index (χ2v) is 9.27. The maximum atomic E-state index is 12.9. The summed E-state index contributed by atoms with van der Waals surface area (Å²) in [6.45, 7) is 2.16. The van der Waals surface area contributed by atoms with E-state index in [1.165, 1.54) is 56.9 Å². The molecule has 2 aromatic carbocycles. The second-order valence-electron chi connectivity index (χ2n) is 9.27. The first-order valence-corrected chi connectivity index (χ1v) is 12.5. The third kappa shape index (κ3) is 6.60. The van der Waals surface area contributed by atoms with Crippen LogP contribution in [0, 0.1) is 11.8 Å². The van der Waals surface area contributed by atoms with Crippen LogP contribution in [0.4, 0.5) is 0 Å². The Labute approximate surface area is 194 Å². The molecule has 0 radical (unpaired) electrons. The Morgan fingerprint density at radius 3 is 2.00 bits per heavy atom. The molecule has 0 bridgehead atoms. The van der Waals surface area contributed by atoms with Gasteiger partial charge in [0.25, 0.3) is 0 Å². The number of ether oxygens (including phenoxy) is 2. The van der Waals surface area contributed by atoms with E-state index in [-0.39, 0.29) is 5.92 Å².